The molecule has 1 atom stereocenters. The van der Waals surface area contributed by atoms with Gasteiger partial charge in [-0.2, -0.15) is 0 Å². The fraction of sp³-hybridized carbons (Fsp3) is 0.647. The predicted octanol–water partition coefficient (Wildman–Crippen LogP) is 5.74. The van der Waals surface area contributed by atoms with E-state index in [2.05, 4.69) is 61.0 Å². The monoisotopic (exact) mass is 324 g/mol. The molecule has 1 saturated carbocycles. The van der Waals surface area contributed by atoms with E-state index in [9.17, 15) is 0 Å². The van der Waals surface area contributed by atoms with Gasteiger partial charge in [-0.15, -0.1) is 0 Å². The zero-order valence-corrected chi connectivity index (χ0v) is 13.8. The van der Waals surface area contributed by atoms with Gasteiger partial charge in [0.25, 0.3) is 0 Å². The maximum absolute atomic E-state index is 5.69. The van der Waals surface area contributed by atoms with E-state index in [1.807, 2.05) is 0 Å². The van der Waals surface area contributed by atoms with E-state index >= 15 is 0 Å². The standard InChI is InChI=1S/C17H25BrO/c1-12(2)19-16-10-8-15(9-11-16)17(18)14-6-4-13(3)5-7-14/h8-14,17H,4-7H2,1-3H3. The summed E-state index contributed by atoms with van der Waals surface area (Å²) < 4.78 is 5.69. The van der Waals surface area contributed by atoms with Crippen LogP contribution in [0.4, 0.5) is 0 Å². The van der Waals surface area contributed by atoms with Crippen LogP contribution >= 0.6 is 15.9 Å². The predicted molar refractivity (Wildman–Crippen MR) is 85.0 cm³/mol. The quantitative estimate of drug-likeness (QED) is 0.642. The average molecular weight is 325 g/mol. The van der Waals surface area contributed by atoms with Gasteiger partial charge in [-0.1, -0.05) is 47.8 Å². The zero-order valence-electron chi connectivity index (χ0n) is 12.2. The third-order valence-corrected chi connectivity index (χ3v) is 5.32. The summed E-state index contributed by atoms with van der Waals surface area (Å²) in [6.07, 6.45) is 5.69. The van der Waals surface area contributed by atoms with E-state index in [1.54, 1.807) is 0 Å². The van der Waals surface area contributed by atoms with Crippen LogP contribution < -0.4 is 4.74 Å². The molecule has 1 unspecified atom stereocenters. The molecule has 0 spiro atoms. The lowest BCUT2D eigenvalue weighted by Gasteiger charge is -2.30. The van der Waals surface area contributed by atoms with Gasteiger partial charge in [0.15, 0.2) is 0 Å². The molecule has 0 aromatic heterocycles. The molecule has 2 rings (SSSR count). The van der Waals surface area contributed by atoms with Crippen LogP contribution in [0.3, 0.4) is 0 Å². The Morgan fingerprint density at radius 2 is 1.63 bits per heavy atom. The van der Waals surface area contributed by atoms with Crippen LogP contribution in [0.25, 0.3) is 0 Å². The number of hydrogen-bond donors (Lipinski definition) is 0. The van der Waals surface area contributed by atoms with Gasteiger partial charge in [0.05, 0.1) is 6.10 Å². The topological polar surface area (TPSA) is 9.23 Å². The molecule has 1 fully saturated rings. The summed E-state index contributed by atoms with van der Waals surface area (Å²) in [6.45, 7) is 6.49. The molecule has 1 aromatic carbocycles. The first-order valence-corrected chi connectivity index (χ1v) is 8.38. The summed E-state index contributed by atoms with van der Waals surface area (Å²) in [5, 5.41) is 0. The van der Waals surface area contributed by atoms with Crippen molar-refractivity contribution in [1.29, 1.82) is 0 Å². The van der Waals surface area contributed by atoms with Crippen molar-refractivity contribution in [2.45, 2.75) is 57.4 Å². The van der Waals surface area contributed by atoms with Gasteiger partial charge in [-0.3, -0.25) is 0 Å². The van der Waals surface area contributed by atoms with Crippen molar-refractivity contribution in [3.8, 4) is 5.75 Å². The minimum Gasteiger partial charge on any atom is -0.491 e. The van der Waals surface area contributed by atoms with Gasteiger partial charge in [0.2, 0.25) is 0 Å². The molecule has 0 saturated heterocycles. The lowest BCUT2D eigenvalue weighted by molar-refractivity contribution is 0.242. The molecule has 19 heavy (non-hydrogen) atoms. The van der Waals surface area contributed by atoms with Gasteiger partial charge in [0, 0.05) is 4.83 Å². The molecule has 106 valence electrons. The number of halogens is 1. The molecule has 0 N–H and O–H groups in total. The SMILES string of the molecule is CC1CCC(C(Br)c2ccc(OC(C)C)cc2)CC1. The molecule has 1 aromatic rings. The van der Waals surface area contributed by atoms with E-state index in [4.69, 9.17) is 4.74 Å². The molecule has 0 aliphatic heterocycles. The summed E-state index contributed by atoms with van der Waals surface area (Å²) in [5.41, 5.74) is 1.38. The molecule has 0 bridgehead atoms. The van der Waals surface area contributed by atoms with E-state index in [0.717, 1.165) is 17.6 Å². The highest BCUT2D eigenvalue weighted by Gasteiger charge is 2.25. The molecule has 0 amide bonds. The van der Waals surface area contributed by atoms with Crippen molar-refractivity contribution in [2.24, 2.45) is 11.8 Å². The maximum Gasteiger partial charge on any atom is 0.119 e. The normalized spacial score (nSPS) is 25.3. The highest BCUT2D eigenvalue weighted by Crippen LogP contribution is 2.41. The van der Waals surface area contributed by atoms with Crippen molar-refractivity contribution in [3.05, 3.63) is 29.8 Å². The smallest absolute Gasteiger partial charge is 0.119 e. The summed E-state index contributed by atoms with van der Waals surface area (Å²) in [4.78, 5) is 0.494. The third kappa shape index (κ3) is 4.24. The maximum atomic E-state index is 5.69. The minimum atomic E-state index is 0.241. The molecule has 0 heterocycles. The van der Waals surface area contributed by atoms with Crippen LogP contribution in [0.2, 0.25) is 0 Å². The summed E-state index contributed by atoms with van der Waals surface area (Å²) in [5.74, 6) is 2.67. The first-order chi connectivity index (χ1) is 9.06. The second kappa shape index (κ2) is 6.78. The van der Waals surface area contributed by atoms with E-state index in [1.165, 1.54) is 31.2 Å². The van der Waals surface area contributed by atoms with Crippen molar-refractivity contribution < 1.29 is 4.74 Å². The molecule has 1 nitrogen and oxygen atoms in total. The number of alkyl halides is 1. The van der Waals surface area contributed by atoms with Crippen LogP contribution in [0.5, 0.6) is 5.75 Å². The summed E-state index contributed by atoms with van der Waals surface area (Å²) in [6, 6.07) is 8.59. The van der Waals surface area contributed by atoms with Crippen LogP contribution in [-0.2, 0) is 0 Å². The highest BCUT2D eigenvalue weighted by molar-refractivity contribution is 9.09. The van der Waals surface area contributed by atoms with E-state index < -0.39 is 0 Å². The Labute approximate surface area is 125 Å². The van der Waals surface area contributed by atoms with Crippen LogP contribution in [-0.4, -0.2) is 6.10 Å². The Hall–Kier alpha value is -0.500. The zero-order chi connectivity index (χ0) is 13.8. The summed E-state index contributed by atoms with van der Waals surface area (Å²) in [7, 11) is 0. The molecular formula is C17H25BrO. The van der Waals surface area contributed by atoms with Gasteiger partial charge >= 0.3 is 0 Å². The molecule has 1 aliphatic rings. The van der Waals surface area contributed by atoms with Crippen LogP contribution in [0, 0.1) is 11.8 Å². The molecule has 1 aliphatic carbocycles. The van der Waals surface area contributed by atoms with Crippen molar-refractivity contribution >= 4 is 15.9 Å². The minimum absolute atomic E-state index is 0.241. The lowest BCUT2D eigenvalue weighted by Crippen LogP contribution is -2.16. The number of ether oxygens (including phenoxy) is 1. The second-order valence-electron chi connectivity index (χ2n) is 6.16. The van der Waals surface area contributed by atoms with Gasteiger partial charge < -0.3 is 4.74 Å². The Kier molecular flexibility index (Phi) is 5.32. The van der Waals surface area contributed by atoms with Crippen molar-refractivity contribution in [1.82, 2.24) is 0 Å². The Bertz CT molecular complexity index is 377. The number of hydrogen-bond acceptors (Lipinski definition) is 1. The number of rotatable bonds is 4. The number of benzene rings is 1. The van der Waals surface area contributed by atoms with Crippen molar-refractivity contribution in [3.63, 3.8) is 0 Å². The third-order valence-electron chi connectivity index (χ3n) is 4.04. The lowest BCUT2D eigenvalue weighted by atomic mass is 9.80. The molecule has 2 heteroatoms. The summed E-state index contributed by atoms with van der Waals surface area (Å²) >= 11 is 3.90. The van der Waals surface area contributed by atoms with Crippen LogP contribution in [0.15, 0.2) is 24.3 Å². The average Bonchev–Trinajstić information content (AvgIpc) is 2.39. The van der Waals surface area contributed by atoms with E-state index in [0.29, 0.717) is 4.83 Å². The van der Waals surface area contributed by atoms with Gasteiger partial charge in [-0.05, 0) is 56.2 Å². The van der Waals surface area contributed by atoms with Gasteiger partial charge in [0.1, 0.15) is 5.75 Å². The molecular weight excluding hydrogens is 300 g/mol. The van der Waals surface area contributed by atoms with Gasteiger partial charge in [-0.25, -0.2) is 0 Å². The van der Waals surface area contributed by atoms with E-state index in [-0.39, 0.29) is 6.10 Å². The fourth-order valence-electron chi connectivity index (χ4n) is 2.85. The Balaban J connectivity index is 1.97. The Morgan fingerprint density at radius 1 is 1.05 bits per heavy atom. The Morgan fingerprint density at radius 3 is 2.16 bits per heavy atom. The largest absolute Gasteiger partial charge is 0.491 e. The van der Waals surface area contributed by atoms with Crippen molar-refractivity contribution in [2.75, 3.05) is 0 Å². The first-order valence-electron chi connectivity index (χ1n) is 7.47. The highest BCUT2D eigenvalue weighted by atomic mass is 79.9. The molecule has 0 radical (unpaired) electrons. The second-order valence-corrected chi connectivity index (χ2v) is 7.14. The first kappa shape index (κ1) is 14.9. The fourth-order valence-corrected chi connectivity index (χ4v) is 3.69. The van der Waals surface area contributed by atoms with Crippen LogP contribution in [0.1, 0.15) is 56.8 Å².